The number of hydrogen-bond donors (Lipinski definition) is 1. The van der Waals surface area contributed by atoms with Gasteiger partial charge in [-0.1, -0.05) is 6.42 Å². The molecule has 0 bridgehead atoms. The molecule has 0 unspecified atom stereocenters. The van der Waals surface area contributed by atoms with Gasteiger partial charge in [0.05, 0.1) is 12.8 Å². The van der Waals surface area contributed by atoms with Crippen molar-refractivity contribution in [1.29, 1.82) is 0 Å². The maximum absolute atomic E-state index is 5.81. The third kappa shape index (κ3) is 2.56. The lowest BCUT2D eigenvalue weighted by Gasteiger charge is -2.22. The minimum Gasteiger partial charge on any atom is -0.479 e. The summed E-state index contributed by atoms with van der Waals surface area (Å²) in [5, 5.41) is 0. The van der Waals surface area contributed by atoms with Gasteiger partial charge in [-0.05, 0) is 31.7 Å². The van der Waals surface area contributed by atoms with Crippen LogP contribution in [-0.2, 0) is 0 Å². The molecule has 4 heteroatoms. The minimum atomic E-state index is 0.301. The molecule has 1 saturated carbocycles. The molecule has 1 aliphatic rings. The van der Waals surface area contributed by atoms with Crippen LogP contribution in [0.1, 0.15) is 32.1 Å². The quantitative estimate of drug-likeness (QED) is 0.853. The smallest absolute Gasteiger partial charge is 0.240 e. The molecule has 1 fully saturated rings. The molecule has 0 amide bonds. The number of nitrogens with zero attached hydrogens (tertiary/aromatic N) is 1. The van der Waals surface area contributed by atoms with Gasteiger partial charge in [-0.2, -0.15) is 4.98 Å². The van der Waals surface area contributed by atoms with Gasteiger partial charge in [-0.25, -0.2) is 0 Å². The summed E-state index contributed by atoms with van der Waals surface area (Å²) in [7, 11) is 1.56. The van der Waals surface area contributed by atoms with Gasteiger partial charge in [0, 0.05) is 6.07 Å². The van der Waals surface area contributed by atoms with Crippen LogP contribution in [0.15, 0.2) is 12.1 Å². The van der Waals surface area contributed by atoms with Crippen LogP contribution in [0.5, 0.6) is 11.8 Å². The van der Waals surface area contributed by atoms with Gasteiger partial charge in [0.25, 0.3) is 0 Å². The predicted octanol–water partition coefficient (Wildman–Crippen LogP) is 2.38. The van der Waals surface area contributed by atoms with Gasteiger partial charge in [-0.15, -0.1) is 0 Å². The Morgan fingerprint density at radius 1 is 1.25 bits per heavy atom. The fraction of sp³-hybridized carbons (Fsp3) is 0.583. The lowest BCUT2D eigenvalue weighted by atomic mass is 9.98. The summed E-state index contributed by atoms with van der Waals surface area (Å²) < 4.78 is 10.9. The van der Waals surface area contributed by atoms with Crippen molar-refractivity contribution in [1.82, 2.24) is 4.98 Å². The van der Waals surface area contributed by atoms with E-state index in [2.05, 4.69) is 4.98 Å². The van der Waals surface area contributed by atoms with Crippen molar-refractivity contribution < 1.29 is 9.47 Å². The topological polar surface area (TPSA) is 57.4 Å². The van der Waals surface area contributed by atoms with Crippen molar-refractivity contribution >= 4 is 5.69 Å². The molecule has 1 aliphatic carbocycles. The first kappa shape index (κ1) is 11.0. The second-order valence-electron chi connectivity index (χ2n) is 4.13. The highest BCUT2D eigenvalue weighted by Crippen LogP contribution is 2.25. The molecule has 16 heavy (non-hydrogen) atoms. The average molecular weight is 222 g/mol. The van der Waals surface area contributed by atoms with E-state index in [1.54, 1.807) is 19.2 Å². The van der Waals surface area contributed by atoms with Crippen molar-refractivity contribution in [3.8, 4) is 11.8 Å². The van der Waals surface area contributed by atoms with Gasteiger partial charge in [-0.3, -0.25) is 0 Å². The van der Waals surface area contributed by atoms with Crippen molar-refractivity contribution in [2.75, 3.05) is 12.8 Å². The van der Waals surface area contributed by atoms with E-state index in [1.165, 1.54) is 19.3 Å². The van der Waals surface area contributed by atoms with Crippen LogP contribution in [-0.4, -0.2) is 18.2 Å². The number of aromatic nitrogens is 1. The summed E-state index contributed by atoms with van der Waals surface area (Å²) in [6.45, 7) is 0. The van der Waals surface area contributed by atoms with E-state index >= 15 is 0 Å². The van der Waals surface area contributed by atoms with Crippen molar-refractivity contribution in [2.45, 2.75) is 38.2 Å². The first-order valence-electron chi connectivity index (χ1n) is 5.77. The number of hydrogen-bond acceptors (Lipinski definition) is 4. The predicted molar refractivity (Wildman–Crippen MR) is 62.7 cm³/mol. The first-order chi connectivity index (χ1) is 7.79. The van der Waals surface area contributed by atoms with Gasteiger partial charge in [0.1, 0.15) is 6.10 Å². The number of nitrogens with two attached hydrogens (primary N) is 1. The molecular formula is C12H18N2O2. The van der Waals surface area contributed by atoms with Crippen molar-refractivity contribution in [2.24, 2.45) is 0 Å². The summed E-state index contributed by atoms with van der Waals surface area (Å²) in [4.78, 5) is 4.22. The molecule has 2 rings (SSSR count). The lowest BCUT2D eigenvalue weighted by molar-refractivity contribution is 0.147. The molecule has 0 atom stereocenters. The summed E-state index contributed by atoms with van der Waals surface area (Å²) in [6, 6.07) is 3.57. The van der Waals surface area contributed by atoms with Crippen molar-refractivity contribution in [3.05, 3.63) is 12.1 Å². The molecule has 2 N–H and O–H groups in total. The van der Waals surface area contributed by atoms with Crippen LogP contribution >= 0.6 is 0 Å². The van der Waals surface area contributed by atoms with Crippen molar-refractivity contribution in [3.63, 3.8) is 0 Å². The number of pyridine rings is 1. The zero-order valence-corrected chi connectivity index (χ0v) is 9.61. The second-order valence-corrected chi connectivity index (χ2v) is 4.13. The maximum Gasteiger partial charge on any atom is 0.240 e. The molecule has 4 nitrogen and oxygen atoms in total. The van der Waals surface area contributed by atoms with Gasteiger partial charge < -0.3 is 15.2 Å². The van der Waals surface area contributed by atoms with Crippen LogP contribution in [0.25, 0.3) is 0 Å². The Kier molecular flexibility index (Phi) is 3.49. The lowest BCUT2D eigenvalue weighted by Crippen LogP contribution is -2.20. The third-order valence-electron chi connectivity index (χ3n) is 2.90. The number of anilines is 1. The normalized spacial score (nSPS) is 17.1. The zero-order chi connectivity index (χ0) is 11.4. The van der Waals surface area contributed by atoms with Gasteiger partial charge in [0.15, 0.2) is 0 Å². The summed E-state index contributed by atoms with van der Waals surface area (Å²) >= 11 is 0. The van der Waals surface area contributed by atoms with Crippen LogP contribution in [0.2, 0.25) is 0 Å². The van der Waals surface area contributed by atoms with E-state index < -0.39 is 0 Å². The monoisotopic (exact) mass is 222 g/mol. The van der Waals surface area contributed by atoms with Gasteiger partial charge in [0.2, 0.25) is 11.8 Å². The summed E-state index contributed by atoms with van der Waals surface area (Å²) in [6.07, 6.45) is 6.35. The Labute approximate surface area is 95.8 Å². The highest BCUT2D eigenvalue weighted by molar-refractivity contribution is 5.49. The number of rotatable bonds is 3. The van der Waals surface area contributed by atoms with E-state index in [4.69, 9.17) is 15.2 Å². The molecule has 1 aromatic rings. The molecule has 1 aromatic heterocycles. The Hall–Kier alpha value is -1.45. The molecule has 88 valence electrons. The fourth-order valence-corrected chi connectivity index (χ4v) is 2.02. The van der Waals surface area contributed by atoms with E-state index in [9.17, 15) is 0 Å². The van der Waals surface area contributed by atoms with E-state index in [-0.39, 0.29) is 0 Å². The molecule has 1 heterocycles. The number of methoxy groups -OCH3 is 1. The molecule has 0 aromatic carbocycles. The highest BCUT2D eigenvalue weighted by atomic mass is 16.5. The number of ether oxygens (including phenoxy) is 2. The van der Waals surface area contributed by atoms with Crippen LogP contribution in [0.4, 0.5) is 5.69 Å². The molecule has 0 saturated heterocycles. The molecule has 0 spiro atoms. The van der Waals surface area contributed by atoms with Crippen LogP contribution in [0, 0.1) is 0 Å². The fourth-order valence-electron chi connectivity index (χ4n) is 2.02. The number of nitrogen functional groups attached to an aromatic ring is 1. The van der Waals surface area contributed by atoms with E-state index in [0.717, 1.165) is 12.8 Å². The third-order valence-corrected chi connectivity index (χ3v) is 2.90. The van der Waals surface area contributed by atoms with E-state index in [0.29, 0.717) is 23.6 Å². The molecule has 0 radical (unpaired) electrons. The Morgan fingerprint density at radius 2 is 2.00 bits per heavy atom. The zero-order valence-electron chi connectivity index (χ0n) is 9.61. The summed E-state index contributed by atoms with van der Waals surface area (Å²) in [5.41, 5.74) is 6.23. The molecular weight excluding hydrogens is 204 g/mol. The van der Waals surface area contributed by atoms with Gasteiger partial charge >= 0.3 is 0 Å². The first-order valence-corrected chi connectivity index (χ1v) is 5.77. The Bertz CT molecular complexity index is 349. The average Bonchev–Trinajstić information content (AvgIpc) is 2.33. The molecule has 0 aliphatic heterocycles. The second kappa shape index (κ2) is 5.05. The van der Waals surface area contributed by atoms with E-state index in [1.807, 2.05) is 0 Å². The Morgan fingerprint density at radius 3 is 2.69 bits per heavy atom. The highest BCUT2D eigenvalue weighted by Gasteiger charge is 2.15. The van der Waals surface area contributed by atoms with Crippen LogP contribution < -0.4 is 15.2 Å². The standard InChI is InChI=1S/C12H18N2O2/c1-15-12-10(13)7-8-11(14-12)16-9-5-3-2-4-6-9/h7-9H,2-6,13H2,1H3. The SMILES string of the molecule is COc1nc(OC2CCCCC2)ccc1N. The van der Waals surface area contributed by atoms with Crippen LogP contribution in [0.3, 0.4) is 0 Å². The summed E-state index contributed by atoms with van der Waals surface area (Å²) in [5.74, 6) is 1.05. The largest absolute Gasteiger partial charge is 0.479 e. The minimum absolute atomic E-state index is 0.301. The maximum atomic E-state index is 5.81. The Balaban J connectivity index is 2.03.